The van der Waals surface area contributed by atoms with Crippen LogP contribution < -0.4 is 0 Å². The summed E-state index contributed by atoms with van der Waals surface area (Å²) in [4.78, 5) is 25.6. The van der Waals surface area contributed by atoms with E-state index < -0.39 is 35.7 Å². The molecule has 0 heterocycles. The van der Waals surface area contributed by atoms with E-state index in [0.29, 0.717) is 12.0 Å². The van der Waals surface area contributed by atoms with E-state index in [1.807, 2.05) is 13.8 Å². The van der Waals surface area contributed by atoms with Gasteiger partial charge in [-0.05, 0) is 23.8 Å². The fraction of sp³-hybridized carbons (Fsp3) is 0.364. The zero-order chi connectivity index (χ0) is 21.6. The molecule has 0 N–H and O–H groups in total. The van der Waals surface area contributed by atoms with Crippen LogP contribution in [-0.2, 0) is 9.32 Å². The second kappa shape index (κ2) is 10.0. The van der Waals surface area contributed by atoms with Crippen LogP contribution >= 0.6 is 9.47 Å². The molecule has 4 atom stereocenters. The third-order valence-electron chi connectivity index (χ3n) is 4.83. The van der Waals surface area contributed by atoms with Gasteiger partial charge < -0.3 is 4.52 Å². The van der Waals surface area contributed by atoms with Gasteiger partial charge in [-0.1, -0.05) is 74.5 Å². The lowest BCUT2D eigenvalue weighted by Crippen LogP contribution is -2.44. The van der Waals surface area contributed by atoms with Crippen LogP contribution in [0.3, 0.4) is 0 Å². The predicted molar refractivity (Wildman–Crippen MR) is 108 cm³/mol. The van der Waals surface area contributed by atoms with Crippen molar-refractivity contribution in [1.82, 2.24) is 0 Å². The van der Waals surface area contributed by atoms with Gasteiger partial charge in [0.25, 0.3) is 0 Å². The molecule has 0 aromatic heterocycles. The Morgan fingerprint density at radius 2 is 1.48 bits per heavy atom. The predicted octanol–water partition coefficient (Wildman–Crippen LogP) is 5.83. The van der Waals surface area contributed by atoms with Crippen LogP contribution in [0.5, 0.6) is 0 Å². The van der Waals surface area contributed by atoms with Gasteiger partial charge in [-0.3, -0.25) is 9.59 Å². The minimum Gasteiger partial charge on any atom is -0.451 e. The molecule has 29 heavy (non-hydrogen) atoms. The third kappa shape index (κ3) is 5.89. The monoisotopic (exact) mass is 424 g/mol. The first-order valence-corrected chi connectivity index (χ1v) is 9.75. The Morgan fingerprint density at radius 3 is 1.93 bits per heavy atom. The van der Waals surface area contributed by atoms with Gasteiger partial charge >= 0.3 is 12.1 Å². The number of benzene rings is 2. The molecule has 2 aromatic rings. The van der Waals surface area contributed by atoms with Crippen LogP contribution in [0.4, 0.5) is 13.2 Å². The molecule has 0 saturated carbocycles. The van der Waals surface area contributed by atoms with Crippen LogP contribution in [0.1, 0.15) is 42.1 Å². The van der Waals surface area contributed by atoms with Crippen LogP contribution in [0.2, 0.25) is 0 Å². The Bertz CT molecular complexity index is 807. The summed E-state index contributed by atoms with van der Waals surface area (Å²) < 4.78 is 47.2. The fourth-order valence-electron chi connectivity index (χ4n) is 3.61. The molecule has 0 saturated heterocycles. The zero-order valence-electron chi connectivity index (χ0n) is 16.2. The van der Waals surface area contributed by atoms with Gasteiger partial charge in [0.15, 0.2) is 5.78 Å². The summed E-state index contributed by atoms with van der Waals surface area (Å²) in [6, 6.07) is 15.7. The second-order valence-electron chi connectivity index (χ2n) is 7.36. The molecule has 156 valence electrons. The van der Waals surface area contributed by atoms with Crippen molar-refractivity contribution < 1.29 is 27.3 Å². The SMILES string of the molecule is CC(C)CC(c1ccccc1)C(C(=O)OP)C(C(=O)c1ccccc1)C(F)(F)F. The van der Waals surface area contributed by atoms with Crippen molar-refractivity contribution in [2.45, 2.75) is 32.4 Å². The highest BCUT2D eigenvalue weighted by Crippen LogP contribution is 2.44. The molecular weight excluding hydrogens is 400 g/mol. The number of ketones is 1. The largest absolute Gasteiger partial charge is 0.451 e. The van der Waals surface area contributed by atoms with E-state index in [2.05, 4.69) is 4.52 Å². The van der Waals surface area contributed by atoms with E-state index in [1.165, 1.54) is 24.3 Å². The number of Topliss-reactive ketones (excluding diaryl/α,β-unsaturated/α-hetero) is 1. The minimum atomic E-state index is -4.92. The smallest absolute Gasteiger partial charge is 0.399 e. The molecule has 3 nitrogen and oxygen atoms in total. The topological polar surface area (TPSA) is 43.4 Å². The van der Waals surface area contributed by atoms with Crippen LogP contribution in [0.25, 0.3) is 0 Å². The molecule has 2 rings (SSSR count). The van der Waals surface area contributed by atoms with E-state index >= 15 is 0 Å². The molecule has 0 spiro atoms. The van der Waals surface area contributed by atoms with Gasteiger partial charge in [0.05, 0.1) is 15.4 Å². The van der Waals surface area contributed by atoms with Gasteiger partial charge in [-0.2, -0.15) is 13.2 Å². The Balaban J connectivity index is 2.63. The van der Waals surface area contributed by atoms with Crippen LogP contribution in [0.15, 0.2) is 60.7 Å². The first kappa shape index (κ1) is 23.1. The maximum Gasteiger partial charge on any atom is 0.399 e. The van der Waals surface area contributed by atoms with Crippen molar-refractivity contribution in [3.05, 3.63) is 71.8 Å². The summed E-state index contributed by atoms with van der Waals surface area (Å²) >= 11 is 0. The summed E-state index contributed by atoms with van der Waals surface area (Å²) in [6.45, 7) is 3.72. The van der Waals surface area contributed by atoms with Crippen molar-refractivity contribution in [3.8, 4) is 0 Å². The van der Waals surface area contributed by atoms with Gasteiger partial charge in [0, 0.05) is 5.56 Å². The third-order valence-corrected chi connectivity index (χ3v) is 5.06. The molecule has 4 unspecified atom stereocenters. The summed E-state index contributed by atoms with van der Waals surface area (Å²) in [5.41, 5.74) is 0.476. The summed E-state index contributed by atoms with van der Waals surface area (Å²) in [7, 11) is 1.71. The first-order valence-electron chi connectivity index (χ1n) is 9.28. The fourth-order valence-corrected chi connectivity index (χ4v) is 3.76. The van der Waals surface area contributed by atoms with E-state index in [4.69, 9.17) is 0 Å². The highest BCUT2D eigenvalue weighted by Gasteiger charge is 2.55. The molecular formula is C22H24F3O3P. The van der Waals surface area contributed by atoms with Gasteiger partial charge in [-0.25, -0.2) is 0 Å². The number of rotatable bonds is 8. The van der Waals surface area contributed by atoms with Crippen molar-refractivity contribution in [1.29, 1.82) is 0 Å². The van der Waals surface area contributed by atoms with Crippen LogP contribution in [-0.4, -0.2) is 17.9 Å². The highest BCUT2D eigenvalue weighted by molar-refractivity contribution is 7.10. The molecule has 7 heteroatoms. The lowest BCUT2D eigenvalue weighted by molar-refractivity contribution is -0.184. The molecule has 0 aliphatic carbocycles. The number of alkyl halides is 3. The van der Waals surface area contributed by atoms with E-state index in [-0.39, 0.29) is 11.5 Å². The standard InChI is InChI=1S/C22H24F3O3P/c1-14(2)13-17(15-9-5-3-6-10-15)18(21(27)28-29)19(22(23,24)25)20(26)16-11-7-4-8-12-16/h3-12,14,17-19H,13,29H2,1-2H3. The van der Waals surface area contributed by atoms with Crippen LogP contribution in [0, 0.1) is 17.8 Å². The molecule has 0 aliphatic rings. The number of carbonyl (C=O) groups is 2. The molecule has 0 bridgehead atoms. The number of hydrogen-bond donors (Lipinski definition) is 0. The second-order valence-corrected chi connectivity index (χ2v) is 7.59. The van der Waals surface area contributed by atoms with Crippen molar-refractivity contribution in [2.24, 2.45) is 17.8 Å². The average Bonchev–Trinajstić information content (AvgIpc) is 2.69. The Labute approximate surface area is 170 Å². The minimum absolute atomic E-state index is 0.000673. The van der Waals surface area contributed by atoms with Crippen molar-refractivity contribution in [3.63, 3.8) is 0 Å². The maximum absolute atomic E-state index is 14.2. The Morgan fingerprint density at radius 1 is 0.966 bits per heavy atom. The molecule has 0 amide bonds. The molecule has 0 fully saturated rings. The lowest BCUT2D eigenvalue weighted by Gasteiger charge is -2.33. The van der Waals surface area contributed by atoms with Crippen molar-refractivity contribution in [2.75, 3.05) is 0 Å². The summed E-state index contributed by atoms with van der Waals surface area (Å²) in [6.07, 6.45) is -4.62. The Kier molecular flexibility index (Phi) is 7.97. The lowest BCUT2D eigenvalue weighted by atomic mass is 9.71. The summed E-state index contributed by atoms with van der Waals surface area (Å²) in [5.74, 6) is -7.25. The number of hydrogen-bond acceptors (Lipinski definition) is 3. The van der Waals surface area contributed by atoms with E-state index in [1.54, 1.807) is 45.9 Å². The van der Waals surface area contributed by atoms with Gasteiger partial charge in [0.1, 0.15) is 5.92 Å². The maximum atomic E-state index is 14.2. The number of carbonyl (C=O) groups excluding carboxylic acids is 2. The van der Waals surface area contributed by atoms with Gasteiger partial charge in [0.2, 0.25) is 0 Å². The van der Waals surface area contributed by atoms with Crippen molar-refractivity contribution >= 4 is 21.2 Å². The molecule has 0 aliphatic heterocycles. The highest BCUT2D eigenvalue weighted by atomic mass is 31.0. The molecule has 2 aromatic carbocycles. The number of halogens is 3. The zero-order valence-corrected chi connectivity index (χ0v) is 17.4. The van der Waals surface area contributed by atoms with E-state index in [0.717, 1.165) is 0 Å². The summed E-state index contributed by atoms with van der Waals surface area (Å²) in [5, 5.41) is 0. The molecule has 0 radical (unpaired) electrons. The average molecular weight is 424 g/mol. The Hall–Kier alpha value is -2.20. The quantitative estimate of drug-likeness (QED) is 0.396. The van der Waals surface area contributed by atoms with Gasteiger partial charge in [-0.15, -0.1) is 0 Å². The normalized spacial score (nSPS) is 14.9. The van der Waals surface area contributed by atoms with E-state index in [9.17, 15) is 22.8 Å². The first-order chi connectivity index (χ1) is 13.7.